The number of carboxylic acid groups (broad SMARTS) is 1. The number of urea groups is 1. The molecule has 0 aliphatic rings. The molecule has 0 aromatic rings. The Bertz CT molecular complexity index is 317. The van der Waals surface area contributed by atoms with Gasteiger partial charge < -0.3 is 20.5 Å². The zero-order valence-electron chi connectivity index (χ0n) is 11.0. The number of carboxylic acids is 1. The minimum absolute atomic E-state index is 0.129. The summed E-state index contributed by atoms with van der Waals surface area (Å²) in [6, 6.07) is -2.51. The van der Waals surface area contributed by atoms with Crippen LogP contribution in [0.2, 0.25) is 0 Å². The molecule has 18 heavy (non-hydrogen) atoms. The minimum Gasteiger partial charge on any atom is -0.480 e. The summed E-state index contributed by atoms with van der Waals surface area (Å²) in [6.07, 6.45) is 0.315. The fourth-order valence-electron chi connectivity index (χ4n) is 1.33. The van der Waals surface area contributed by atoms with Gasteiger partial charge in [0.25, 0.3) is 0 Å². The lowest BCUT2D eigenvalue weighted by atomic mass is 10.0. The summed E-state index contributed by atoms with van der Waals surface area (Å²) in [5.74, 6) is -1.57. The molecule has 0 aromatic carbocycles. The second-order valence-corrected chi connectivity index (χ2v) is 4.38. The standard InChI is InChI=1S/C11H20N2O5/c1-6(2)5-8(9(14)15)13-11(17)12-7(3)10(16)18-4/h6-8H,5H2,1-4H3,(H,14,15)(H2,12,13,17). The molecule has 0 aliphatic heterocycles. The van der Waals surface area contributed by atoms with Gasteiger partial charge in [0, 0.05) is 0 Å². The quantitative estimate of drug-likeness (QED) is 0.597. The molecule has 2 amide bonds. The first-order chi connectivity index (χ1) is 8.27. The number of methoxy groups -OCH3 is 1. The molecule has 0 fully saturated rings. The first-order valence-corrected chi connectivity index (χ1v) is 5.65. The zero-order chi connectivity index (χ0) is 14.3. The number of aliphatic carboxylic acids is 1. The Labute approximate surface area is 106 Å². The molecule has 0 heterocycles. The highest BCUT2D eigenvalue weighted by molar-refractivity contribution is 5.86. The third-order valence-corrected chi connectivity index (χ3v) is 2.21. The molecule has 0 rings (SSSR count). The van der Waals surface area contributed by atoms with Crippen molar-refractivity contribution < 1.29 is 24.2 Å². The summed E-state index contributed by atoms with van der Waals surface area (Å²) >= 11 is 0. The largest absolute Gasteiger partial charge is 0.480 e. The molecule has 7 heteroatoms. The van der Waals surface area contributed by atoms with Gasteiger partial charge in [0.2, 0.25) is 0 Å². The fraction of sp³-hybridized carbons (Fsp3) is 0.727. The summed E-state index contributed by atoms with van der Waals surface area (Å²) in [5, 5.41) is 13.5. The number of esters is 1. The van der Waals surface area contributed by atoms with Gasteiger partial charge in [-0.3, -0.25) is 0 Å². The summed E-state index contributed by atoms with van der Waals surface area (Å²) in [5.41, 5.74) is 0. The topological polar surface area (TPSA) is 105 Å². The van der Waals surface area contributed by atoms with Crippen molar-refractivity contribution in [2.45, 2.75) is 39.3 Å². The maximum absolute atomic E-state index is 11.5. The monoisotopic (exact) mass is 260 g/mol. The molecule has 3 N–H and O–H groups in total. The van der Waals surface area contributed by atoms with Crippen LogP contribution in [0.4, 0.5) is 4.79 Å². The van der Waals surface area contributed by atoms with Crippen LogP contribution in [0, 0.1) is 5.92 Å². The highest BCUT2D eigenvalue weighted by Gasteiger charge is 2.23. The van der Waals surface area contributed by atoms with Gasteiger partial charge in [-0.15, -0.1) is 0 Å². The van der Waals surface area contributed by atoms with E-state index in [-0.39, 0.29) is 5.92 Å². The zero-order valence-corrected chi connectivity index (χ0v) is 11.0. The molecule has 0 aromatic heterocycles. The average Bonchev–Trinajstić information content (AvgIpc) is 2.25. The van der Waals surface area contributed by atoms with Crippen LogP contribution in [0.15, 0.2) is 0 Å². The minimum atomic E-state index is -1.11. The Morgan fingerprint density at radius 3 is 2.11 bits per heavy atom. The lowest BCUT2D eigenvalue weighted by Gasteiger charge is -2.18. The van der Waals surface area contributed by atoms with Crippen LogP contribution in [0.25, 0.3) is 0 Å². The number of carbonyl (C=O) groups excluding carboxylic acids is 2. The van der Waals surface area contributed by atoms with Gasteiger partial charge in [-0.25, -0.2) is 14.4 Å². The van der Waals surface area contributed by atoms with E-state index < -0.39 is 30.1 Å². The highest BCUT2D eigenvalue weighted by Crippen LogP contribution is 2.04. The van der Waals surface area contributed by atoms with Gasteiger partial charge >= 0.3 is 18.0 Å². The van der Waals surface area contributed by atoms with E-state index in [1.807, 2.05) is 13.8 Å². The summed E-state index contributed by atoms with van der Waals surface area (Å²) in [6.45, 7) is 5.16. The lowest BCUT2D eigenvalue weighted by molar-refractivity contribution is -0.142. The van der Waals surface area contributed by atoms with Crippen molar-refractivity contribution in [1.29, 1.82) is 0 Å². The van der Waals surface area contributed by atoms with E-state index in [0.717, 1.165) is 0 Å². The molecule has 7 nitrogen and oxygen atoms in total. The molecular weight excluding hydrogens is 240 g/mol. The van der Waals surface area contributed by atoms with E-state index in [4.69, 9.17) is 5.11 Å². The molecule has 2 unspecified atom stereocenters. The maximum Gasteiger partial charge on any atom is 0.328 e. The predicted molar refractivity (Wildman–Crippen MR) is 64.0 cm³/mol. The van der Waals surface area contributed by atoms with Crippen molar-refractivity contribution in [2.24, 2.45) is 5.92 Å². The van der Waals surface area contributed by atoms with Crippen molar-refractivity contribution in [3.63, 3.8) is 0 Å². The van der Waals surface area contributed by atoms with E-state index in [9.17, 15) is 14.4 Å². The van der Waals surface area contributed by atoms with Gasteiger partial charge in [-0.05, 0) is 19.3 Å². The van der Waals surface area contributed by atoms with Crippen LogP contribution in [-0.4, -0.2) is 42.3 Å². The maximum atomic E-state index is 11.5. The number of hydrogen-bond acceptors (Lipinski definition) is 4. The molecule has 0 aliphatic carbocycles. The van der Waals surface area contributed by atoms with Crippen molar-refractivity contribution in [3.8, 4) is 0 Å². The van der Waals surface area contributed by atoms with Crippen LogP contribution in [0.5, 0.6) is 0 Å². The predicted octanol–water partition coefficient (Wildman–Crippen LogP) is 0.346. The number of hydrogen-bond donors (Lipinski definition) is 3. The Morgan fingerprint density at radius 2 is 1.72 bits per heavy atom. The molecule has 0 spiro atoms. The summed E-state index contributed by atoms with van der Waals surface area (Å²) in [7, 11) is 1.21. The molecule has 0 bridgehead atoms. The first kappa shape index (κ1) is 16.2. The van der Waals surface area contributed by atoms with E-state index in [1.54, 1.807) is 0 Å². The van der Waals surface area contributed by atoms with Crippen LogP contribution >= 0.6 is 0 Å². The Morgan fingerprint density at radius 1 is 1.17 bits per heavy atom. The van der Waals surface area contributed by atoms with Crippen molar-refractivity contribution >= 4 is 18.0 Å². The van der Waals surface area contributed by atoms with E-state index in [2.05, 4.69) is 15.4 Å². The first-order valence-electron chi connectivity index (χ1n) is 5.65. The van der Waals surface area contributed by atoms with Crippen LogP contribution in [0.3, 0.4) is 0 Å². The number of nitrogens with one attached hydrogen (secondary N) is 2. The summed E-state index contributed by atoms with van der Waals surface area (Å²) in [4.78, 5) is 33.5. The van der Waals surface area contributed by atoms with Crippen molar-refractivity contribution in [3.05, 3.63) is 0 Å². The number of carbonyl (C=O) groups is 3. The van der Waals surface area contributed by atoms with Crippen LogP contribution < -0.4 is 10.6 Å². The van der Waals surface area contributed by atoms with Gasteiger partial charge in [-0.2, -0.15) is 0 Å². The lowest BCUT2D eigenvalue weighted by Crippen LogP contribution is -2.50. The van der Waals surface area contributed by atoms with E-state index in [1.165, 1.54) is 14.0 Å². The molecule has 2 atom stereocenters. The number of amides is 2. The fourth-order valence-corrected chi connectivity index (χ4v) is 1.33. The van der Waals surface area contributed by atoms with Crippen LogP contribution in [0.1, 0.15) is 27.2 Å². The Kier molecular flexibility index (Phi) is 6.77. The van der Waals surface area contributed by atoms with E-state index in [0.29, 0.717) is 6.42 Å². The second kappa shape index (κ2) is 7.52. The highest BCUT2D eigenvalue weighted by atomic mass is 16.5. The SMILES string of the molecule is COC(=O)C(C)NC(=O)NC(CC(C)C)C(=O)O. The van der Waals surface area contributed by atoms with E-state index >= 15 is 0 Å². The Hall–Kier alpha value is -1.79. The van der Waals surface area contributed by atoms with Crippen molar-refractivity contribution in [2.75, 3.05) is 7.11 Å². The molecular formula is C11H20N2O5. The number of ether oxygens (including phenoxy) is 1. The smallest absolute Gasteiger partial charge is 0.328 e. The summed E-state index contributed by atoms with van der Waals surface area (Å²) < 4.78 is 4.43. The third-order valence-electron chi connectivity index (χ3n) is 2.21. The van der Waals surface area contributed by atoms with Gasteiger partial charge in [0.05, 0.1) is 7.11 Å². The molecule has 0 saturated carbocycles. The molecule has 0 radical (unpaired) electrons. The van der Waals surface area contributed by atoms with Crippen molar-refractivity contribution in [1.82, 2.24) is 10.6 Å². The van der Waals surface area contributed by atoms with Gasteiger partial charge in [0.1, 0.15) is 12.1 Å². The molecule has 0 saturated heterocycles. The van der Waals surface area contributed by atoms with Gasteiger partial charge in [0.15, 0.2) is 0 Å². The second-order valence-electron chi connectivity index (χ2n) is 4.38. The van der Waals surface area contributed by atoms with Gasteiger partial charge in [-0.1, -0.05) is 13.8 Å². The Balaban J connectivity index is 4.34. The normalized spacial score (nSPS) is 13.6. The van der Waals surface area contributed by atoms with Crippen LogP contribution in [-0.2, 0) is 14.3 Å². The molecule has 104 valence electrons. The average molecular weight is 260 g/mol. The third kappa shape index (κ3) is 6.07. The number of rotatable bonds is 6.